The summed E-state index contributed by atoms with van der Waals surface area (Å²) < 4.78 is 1.15. The van der Waals surface area contributed by atoms with Crippen molar-refractivity contribution in [2.45, 2.75) is 46.7 Å². The third-order valence-corrected chi connectivity index (χ3v) is 4.03. The Morgan fingerprint density at radius 2 is 1.95 bits per heavy atom. The van der Waals surface area contributed by atoms with Crippen LogP contribution in [0.25, 0.3) is 0 Å². The number of benzene rings is 1. The Bertz CT molecular complexity index is 390. The van der Waals surface area contributed by atoms with Crippen molar-refractivity contribution in [3.63, 3.8) is 0 Å². The van der Waals surface area contributed by atoms with Crippen molar-refractivity contribution in [3.05, 3.63) is 28.2 Å². The van der Waals surface area contributed by atoms with Gasteiger partial charge in [-0.05, 0) is 49.6 Å². The van der Waals surface area contributed by atoms with Gasteiger partial charge in [-0.3, -0.25) is 0 Å². The lowest BCUT2D eigenvalue weighted by Crippen LogP contribution is -2.30. The number of nitrogens with zero attached hydrogens (tertiary/aromatic N) is 1. The van der Waals surface area contributed by atoms with Gasteiger partial charge in [-0.15, -0.1) is 0 Å². The van der Waals surface area contributed by atoms with Crippen molar-refractivity contribution in [3.8, 4) is 0 Å². The average molecular weight is 327 g/mol. The molecule has 0 radical (unpaired) electrons. The summed E-state index contributed by atoms with van der Waals surface area (Å²) in [5.41, 5.74) is 2.69. The van der Waals surface area contributed by atoms with Crippen molar-refractivity contribution in [1.82, 2.24) is 5.32 Å². The monoisotopic (exact) mass is 326 g/mol. The Hall–Kier alpha value is -0.540. The second kappa shape index (κ2) is 7.91. The molecule has 0 heterocycles. The van der Waals surface area contributed by atoms with Gasteiger partial charge in [-0.2, -0.15) is 0 Å². The van der Waals surface area contributed by atoms with Gasteiger partial charge in [0, 0.05) is 29.8 Å². The Balaban J connectivity index is 2.85. The van der Waals surface area contributed by atoms with Crippen molar-refractivity contribution >= 4 is 21.6 Å². The van der Waals surface area contributed by atoms with Crippen LogP contribution in [0.15, 0.2) is 22.7 Å². The minimum absolute atomic E-state index is 0.560. The van der Waals surface area contributed by atoms with Gasteiger partial charge in [0.1, 0.15) is 0 Å². The summed E-state index contributed by atoms with van der Waals surface area (Å²) in [6.45, 7) is 11.0. The van der Waals surface area contributed by atoms with Crippen LogP contribution in [0.1, 0.15) is 39.7 Å². The zero-order chi connectivity index (χ0) is 14.4. The molecule has 1 unspecified atom stereocenters. The van der Waals surface area contributed by atoms with E-state index in [4.69, 9.17) is 0 Å². The van der Waals surface area contributed by atoms with E-state index in [0.717, 1.165) is 24.0 Å². The second-order valence-corrected chi connectivity index (χ2v) is 6.58. The molecule has 2 nitrogen and oxygen atoms in total. The molecule has 0 aliphatic heterocycles. The van der Waals surface area contributed by atoms with Crippen molar-refractivity contribution < 1.29 is 0 Å². The lowest BCUT2D eigenvalue weighted by molar-refractivity contribution is 0.551. The molecule has 108 valence electrons. The smallest absolute Gasteiger partial charge is 0.0412 e. The van der Waals surface area contributed by atoms with Crippen LogP contribution in [-0.4, -0.2) is 19.6 Å². The zero-order valence-corrected chi connectivity index (χ0v) is 14.4. The molecule has 1 rings (SSSR count). The highest BCUT2D eigenvalue weighted by Crippen LogP contribution is 2.25. The molecular weight excluding hydrogens is 300 g/mol. The standard InChI is InChI=1S/C16H27BrN2/c1-6-13(4)19(5)16-8-7-15(17)9-14(16)11-18-10-12(2)3/h7-9,12-13,18H,6,10-11H2,1-5H3. The Labute approximate surface area is 126 Å². The Kier molecular flexibility index (Phi) is 6.87. The third-order valence-electron chi connectivity index (χ3n) is 3.54. The number of halogens is 1. The van der Waals surface area contributed by atoms with E-state index in [9.17, 15) is 0 Å². The summed E-state index contributed by atoms with van der Waals surface area (Å²) in [5.74, 6) is 0.683. The van der Waals surface area contributed by atoms with Gasteiger partial charge in [0.15, 0.2) is 0 Å². The molecule has 1 aromatic carbocycles. The molecule has 0 bridgehead atoms. The molecule has 0 aliphatic carbocycles. The fraction of sp³-hybridized carbons (Fsp3) is 0.625. The van der Waals surface area contributed by atoms with Crippen molar-refractivity contribution in [2.24, 2.45) is 5.92 Å². The summed E-state index contributed by atoms with van der Waals surface area (Å²) in [5, 5.41) is 3.53. The highest BCUT2D eigenvalue weighted by Gasteiger charge is 2.12. The van der Waals surface area contributed by atoms with Gasteiger partial charge in [-0.1, -0.05) is 36.7 Å². The maximum atomic E-state index is 3.57. The predicted molar refractivity (Wildman–Crippen MR) is 88.8 cm³/mol. The summed E-state index contributed by atoms with van der Waals surface area (Å²) in [4.78, 5) is 2.37. The molecule has 0 aromatic heterocycles. The molecule has 1 aromatic rings. The van der Waals surface area contributed by atoms with Crippen LogP contribution in [0.3, 0.4) is 0 Å². The van der Waals surface area contributed by atoms with E-state index < -0.39 is 0 Å². The lowest BCUT2D eigenvalue weighted by Gasteiger charge is -2.28. The van der Waals surface area contributed by atoms with Gasteiger partial charge >= 0.3 is 0 Å². The maximum Gasteiger partial charge on any atom is 0.0412 e. The minimum Gasteiger partial charge on any atom is -0.372 e. The first kappa shape index (κ1) is 16.5. The van der Waals surface area contributed by atoms with E-state index in [1.54, 1.807) is 0 Å². The summed E-state index contributed by atoms with van der Waals surface area (Å²) >= 11 is 3.57. The Morgan fingerprint density at radius 3 is 2.53 bits per heavy atom. The van der Waals surface area contributed by atoms with Crippen LogP contribution in [-0.2, 0) is 6.54 Å². The molecular formula is C16H27BrN2. The molecule has 0 amide bonds. The van der Waals surface area contributed by atoms with Crippen LogP contribution in [0.4, 0.5) is 5.69 Å². The first-order valence-electron chi connectivity index (χ1n) is 7.17. The lowest BCUT2D eigenvalue weighted by atomic mass is 10.1. The van der Waals surface area contributed by atoms with E-state index in [1.165, 1.54) is 11.3 Å². The van der Waals surface area contributed by atoms with Gasteiger partial charge in [0.05, 0.1) is 0 Å². The van der Waals surface area contributed by atoms with Crippen LogP contribution in [0.5, 0.6) is 0 Å². The summed E-state index contributed by atoms with van der Waals surface area (Å²) in [6.07, 6.45) is 1.16. The van der Waals surface area contributed by atoms with E-state index >= 15 is 0 Å². The second-order valence-electron chi connectivity index (χ2n) is 5.67. The fourth-order valence-electron chi connectivity index (χ4n) is 2.05. The van der Waals surface area contributed by atoms with Crippen LogP contribution >= 0.6 is 15.9 Å². The molecule has 0 aliphatic rings. The quantitative estimate of drug-likeness (QED) is 0.797. The highest BCUT2D eigenvalue weighted by atomic mass is 79.9. The largest absolute Gasteiger partial charge is 0.372 e. The number of rotatable bonds is 7. The number of hydrogen-bond acceptors (Lipinski definition) is 2. The van der Waals surface area contributed by atoms with Crippen molar-refractivity contribution in [2.75, 3.05) is 18.5 Å². The fourth-order valence-corrected chi connectivity index (χ4v) is 2.46. The third kappa shape index (κ3) is 5.15. The number of anilines is 1. The first-order valence-corrected chi connectivity index (χ1v) is 7.97. The number of nitrogens with one attached hydrogen (secondary N) is 1. The normalized spacial score (nSPS) is 12.8. The first-order chi connectivity index (χ1) is 8.95. The van der Waals surface area contributed by atoms with E-state index in [-0.39, 0.29) is 0 Å². The molecule has 19 heavy (non-hydrogen) atoms. The molecule has 0 saturated carbocycles. The topological polar surface area (TPSA) is 15.3 Å². The number of hydrogen-bond donors (Lipinski definition) is 1. The molecule has 0 fully saturated rings. The van der Waals surface area contributed by atoms with Crippen molar-refractivity contribution in [1.29, 1.82) is 0 Å². The van der Waals surface area contributed by atoms with Gasteiger partial charge < -0.3 is 10.2 Å². The molecule has 3 heteroatoms. The minimum atomic E-state index is 0.560. The predicted octanol–water partition coefficient (Wildman–Crippen LogP) is 4.43. The van der Waals surface area contributed by atoms with Crippen LogP contribution < -0.4 is 10.2 Å². The highest BCUT2D eigenvalue weighted by molar-refractivity contribution is 9.10. The molecule has 0 saturated heterocycles. The van der Waals surface area contributed by atoms with Gasteiger partial charge in [0.2, 0.25) is 0 Å². The van der Waals surface area contributed by atoms with Gasteiger partial charge in [-0.25, -0.2) is 0 Å². The average Bonchev–Trinajstić information content (AvgIpc) is 2.37. The van der Waals surface area contributed by atoms with Crippen LogP contribution in [0.2, 0.25) is 0 Å². The zero-order valence-electron chi connectivity index (χ0n) is 12.8. The summed E-state index contributed by atoms with van der Waals surface area (Å²) in [7, 11) is 2.18. The Morgan fingerprint density at radius 1 is 1.26 bits per heavy atom. The molecule has 1 N–H and O–H groups in total. The van der Waals surface area contributed by atoms with Gasteiger partial charge in [0.25, 0.3) is 0 Å². The SMILES string of the molecule is CCC(C)N(C)c1ccc(Br)cc1CNCC(C)C. The van der Waals surface area contributed by atoms with Crippen LogP contribution in [0, 0.1) is 5.92 Å². The summed E-state index contributed by atoms with van der Waals surface area (Å²) in [6, 6.07) is 7.12. The van der Waals surface area contributed by atoms with E-state index in [0.29, 0.717) is 12.0 Å². The molecule has 1 atom stereocenters. The maximum absolute atomic E-state index is 3.57. The van der Waals surface area contributed by atoms with E-state index in [1.807, 2.05) is 0 Å². The van der Waals surface area contributed by atoms with E-state index in [2.05, 4.69) is 79.1 Å². The molecule has 0 spiro atoms.